The molecule has 0 spiro atoms. The average Bonchev–Trinajstić information content (AvgIpc) is 2.37. The van der Waals surface area contributed by atoms with Crippen LogP contribution in [-0.2, 0) is 0 Å². The minimum absolute atomic E-state index is 0.300. The van der Waals surface area contributed by atoms with Gasteiger partial charge in [-0.2, -0.15) is 0 Å². The summed E-state index contributed by atoms with van der Waals surface area (Å²) in [7, 11) is 0.300. The molecule has 1 saturated heterocycles. The van der Waals surface area contributed by atoms with Crippen LogP contribution >= 0.6 is 7.92 Å². The summed E-state index contributed by atoms with van der Waals surface area (Å²) < 4.78 is 0. The predicted octanol–water partition coefficient (Wildman–Crippen LogP) is 7.17. The largest absolute Gasteiger partial charge is 0.104 e. The summed E-state index contributed by atoms with van der Waals surface area (Å²) >= 11 is 0. The van der Waals surface area contributed by atoms with Crippen LogP contribution in [0.2, 0.25) is 0 Å². The van der Waals surface area contributed by atoms with Gasteiger partial charge in [-0.25, -0.2) is 0 Å². The lowest BCUT2D eigenvalue weighted by Gasteiger charge is -2.29. The summed E-state index contributed by atoms with van der Waals surface area (Å²) in [5, 5.41) is 0. The first-order valence-electron chi connectivity index (χ1n) is 9.65. The van der Waals surface area contributed by atoms with E-state index < -0.39 is 0 Å². The molecule has 1 aliphatic rings. The normalized spacial score (nSPS) is 30.4. The van der Waals surface area contributed by atoms with E-state index in [0.29, 0.717) is 7.92 Å². The van der Waals surface area contributed by atoms with Crippen LogP contribution in [0.15, 0.2) is 0 Å². The van der Waals surface area contributed by atoms with Gasteiger partial charge in [-0.15, -0.1) is 7.92 Å². The highest BCUT2D eigenvalue weighted by atomic mass is 31.1. The lowest BCUT2D eigenvalue weighted by Crippen LogP contribution is -2.15. The minimum Gasteiger partial charge on any atom is -0.104 e. The van der Waals surface area contributed by atoms with Crippen LogP contribution in [0.1, 0.15) is 86.5 Å². The highest BCUT2D eigenvalue weighted by Gasteiger charge is 2.20. The third-order valence-electron chi connectivity index (χ3n) is 5.81. The van der Waals surface area contributed by atoms with Crippen molar-refractivity contribution in [2.75, 3.05) is 12.3 Å². The minimum atomic E-state index is 0.300. The second-order valence-corrected chi connectivity index (χ2v) is 11.5. The quantitative estimate of drug-likeness (QED) is 0.485. The average molecular weight is 313 g/mol. The topological polar surface area (TPSA) is 0 Å². The summed E-state index contributed by atoms with van der Waals surface area (Å²) in [6, 6.07) is 0. The molecular formula is C20H41P. The number of rotatable bonds is 3. The smallest absolute Gasteiger partial charge is 0.0266 e. The lowest BCUT2D eigenvalue weighted by molar-refractivity contribution is 0.280. The number of hydrogen-bond donors (Lipinski definition) is 0. The second-order valence-electron chi connectivity index (χ2n) is 8.35. The van der Waals surface area contributed by atoms with Gasteiger partial charge in [-0.1, -0.05) is 60.8 Å². The van der Waals surface area contributed by atoms with E-state index in [4.69, 9.17) is 0 Å². The molecular weight excluding hydrogens is 271 g/mol. The Morgan fingerprint density at radius 2 is 1.00 bits per heavy atom. The molecule has 0 bridgehead atoms. The van der Waals surface area contributed by atoms with Crippen molar-refractivity contribution in [2.24, 2.45) is 23.7 Å². The molecule has 0 aromatic rings. The Bertz CT molecular complexity index is 202. The molecule has 1 fully saturated rings. The molecule has 0 N–H and O–H groups in total. The van der Waals surface area contributed by atoms with Crippen LogP contribution in [-0.4, -0.2) is 18.0 Å². The second kappa shape index (κ2) is 10.3. The SMILES string of the molecule is CC(C)C1CCCC(C(C)C)CCCP(C(C)C)CCC1. The lowest BCUT2D eigenvalue weighted by atomic mass is 9.82. The van der Waals surface area contributed by atoms with Gasteiger partial charge in [0.2, 0.25) is 0 Å². The Hall–Kier alpha value is 0.430. The van der Waals surface area contributed by atoms with Crippen molar-refractivity contribution in [3.63, 3.8) is 0 Å². The molecule has 0 saturated carbocycles. The van der Waals surface area contributed by atoms with Crippen molar-refractivity contribution in [2.45, 2.75) is 92.1 Å². The molecule has 1 heteroatoms. The molecule has 0 radical (unpaired) electrons. The van der Waals surface area contributed by atoms with E-state index in [0.717, 1.165) is 29.3 Å². The van der Waals surface area contributed by atoms with Crippen LogP contribution in [0.4, 0.5) is 0 Å². The molecule has 21 heavy (non-hydrogen) atoms. The molecule has 0 aromatic carbocycles. The Morgan fingerprint density at radius 1 is 0.619 bits per heavy atom. The van der Waals surface area contributed by atoms with Gasteiger partial charge >= 0.3 is 0 Å². The zero-order valence-electron chi connectivity index (χ0n) is 15.7. The molecule has 0 aliphatic carbocycles. The third-order valence-corrected chi connectivity index (χ3v) is 9.05. The predicted molar refractivity (Wildman–Crippen MR) is 101 cm³/mol. The van der Waals surface area contributed by atoms with Crippen LogP contribution in [0, 0.1) is 23.7 Å². The highest BCUT2D eigenvalue weighted by Crippen LogP contribution is 2.44. The fourth-order valence-corrected chi connectivity index (χ4v) is 6.44. The maximum atomic E-state index is 2.47. The van der Waals surface area contributed by atoms with Crippen LogP contribution in [0.5, 0.6) is 0 Å². The molecule has 1 rings (SSSR count). The van der Waals surface area contributed by atoms with Gasteiger partial charge in [0.05, 0.1) is 0 Å². The summed E-state index contributed by atoms with van der Waals surface area (Å²) in [4.78, 5) is 0. The third kappa shape index (κ3) is 7.49. The van der Waals surface area contributed by atoms with Gasteiger partial charge < -0.3 is 0 Å². The number of hydrogen-bond acceptors (Lipinski definition) is 0. The fraction of sp³-hybridized carbons (Fsp3) is 1.00. The van der Waals surface area contributed by atoms with Gasteiger partial charge in [0.25, 0.3) is 0 Å². The van der Waals surface area contributed by atoms with E-state index in [1.165, 1.54) is 44.9 Å². The van der Waals surface area contributed by atoms with Crippen molar-refractivity contribution < 1.29 is 0 Å². The highest BCUT2D eigenvalue weighted by molar-refractivity contribution is 7.58. The first-order valence-corrected chi connectivity index (χ1v) is 11.4. The molecule has 0 amide bonds. The van der Waals surface area contributed by atoms with E-state index in [2.05, 4.69) is 41.5 Å². The zero-order valence-corrected chi connectivity index (χ0v) is 16.6. The van der Waals surface area contributed by atoms with Crippen molar-refractivity contribution in [3.8, 4) is 0 Å². The van der Waals surface area contributed by atoms with E-state index in [-0.39, 0.29) is 0 Å². The van der Waals surface area contributed by atoms with Crippen molar-refractivity contribution in [1.82, 2.24) is 0 Å². The van der Waals surface area contributed by atoms with Crippen LogP contribution in [0.25, 0.3) is 0 Å². The van der Waals surface area contributed by atoms with E-state index in [1.54, 1.807) is 12.3 Å². The first-order chi connectivity index (χ1) is 9.91. The Kier molecular flexibility index (Phi) is 9.51. The summed E-state index contributed by atoms with van der Waals surface area (Å²) in [5.41, 5.74) is 0.943. The van der Waals surface area contributed by atoms with Crippen molar-refractivity contribution in [3.05, 3.63) is 0 Å². The van der Waals surface area contributed by atoms with Gasteiger partial charge in [-0.05, 0) is 67.3 Å². The molecule has 1 aliphatic heterocycles. The maximum Gasteiger partial charge on any atom is -0.0266 e. The van der Waals surface area contributed by atoms with Gasteiger partial charge in [0.15, 0.2) is 0 Å². The van der Waals surface area contributed by atoms with Gasteiger partial charge in [0.1, 0.15) is 0 Å². The Morgan fingerprint density at radius 3 is 1.33 bits per heavy atom. The van der Waals surface area contributed by atoms with Gasteiger partial charge in [0, 0.05) is 0 Å². The van der Waals surface area contributed by atoms with E-state index >= 15 is 0 Å². The fourth-order valence-electron chi connectivity index (χ4n) is 4.01. The van der Waals surface area contributed by atoms with Crippen molar-refractivity contribution >= 4 is 7.92 Å². The van der Waals surface area contributed by atoms with E-state index in [9.17, 15) is 0 Å². The zero-order chi connectivity index (χ0) is 15.8. The van der Waals surface area contributed by atoms with E-state index in [1.807, 2.05) is 0 Å². The first kappa shape index (κ1) is 19.5. The maximum absolute atomic E-state index is 2.47. The van der Waals surface area contributed by atoms with Crippen LogP contribution < -0.4 is 0 Å². The monoisotopic (exact) mass is 312 g/mol. The molecule has 2 atom stereocenters. The standard InChI is InChI=1S/C20H41P/c1-16(2)19-10-7-11-20(17(3)4)13-9-15-21(18(5)6)14-8-12-19/h16-20H,7-15H2,1-6H3. The van der Waals surface area contributed by atoms with Crippen LogP contribution in [0.3, 0.4) is 0 Å². The summed E-state index contributed by atoms with van der Waals surface area (Å²) in [5.74, 6) is 3.74. The molecule has 126 valence electrons. The Balaban J connectivity index is 2.64. The van der Waals surface area contributed by atoms with Gasteiger partial charge in [-0.3, -0.25) is 0 Å². The molecule has 2 unspecified atom stereocenters. The Labute approximate surface area is 136 Å². The molecule has 0 aromatic heterocycles. The molecule has 1 heterocycles. The summed E-state index contributed by atoms with van der Waals surface area (Å²) in [6.45, 7) is 14.7. The van der Waals surface area contributed by atoms with Crippen molar-refractivity contribution in [1.29, 1.82) is 0 Å². The summed E-state index contributed by atoms with van der Waals surface area (Å²) in [6.07, 6.45) is 13.5. The molecule has 0 nitrogen and oxygen atoms in total.